The van der Waals surface area contributed by atoms with E-state index in [1.54, 1.807) is 93.1 Å². The lowest BCUT2D eigenvalue weighted by molar-refractivity contribution is 0.0320. The van der Waals surface area contributed by atoms with Gasteiger partial charge in [0, 0.05) is 222 Å². The smallest absolute Gasteiger partial charge is 0.255 e. The summed E-state index contributed by atoms with van der Waals surface area (Å²) < 4.78 is 69.3. The number of methoxy groups -OCH3 is 2. The molecule has 0 atom stereocenters. The van der Waals surface area contributed by atoms with Crippen molar-refractivity contribution in [2.45, 2.75) is 46.8 Å². The number of hydrogen-bond acceptors (Lipinski definition) is 25. The maximum atomic E-state index is 14.5. The van der Waals surface area contributed by atoms with Gasteiger partial charge >= 0.3 is 0 Å². The fourth-order valence-corrected chi connectivity index (χ4v) is 17.9. The van der Waals surface area contributed by atoms with Gasteiger partial charge in [0.2, 0.25) is 13.6 Å². The summed E-state index contributed by atoms with van der Waals surface area (Å²) in [5.41, 5.74) is 16.6. The molecule has 12 aromatic carbocycles. The van der Waals surface area contributed by atoms with Crippen molar-refractivity contribution in [3.8, 4) is 51.7 Å². The summed E-state index contributed by atoms with van der Waals surface area (Å²) in [6.45, 7) is 30.7. The Morgan fingerprint density at radius 3 is 0.993 bits per heavy atom. The number of nitrogens with zero attached hydrogens (tertiary/aromatic N) is 10. The summed E-state index contributed by atoms with van der Waals surface area (Å²) in [5, 5.41) is 14.6. The van der Waals surface area contributed by atoms with Crippen molar-refractivity contribution in [1.29, 1.82) is 0 Å². The van der Waals surface area contributed by atoms with Crippen LogP contribution in [0.25, 0.3) is 0 Å². The first-order valence-electron chi connectivity index (χ1n) is 50.8. The molecular weight excluding hydrogens is 1870 g/mol. The molecule has 8 aliphatic rings. The second-order valence-corrected chi connectivity index (χ2v) is 38.2. The molecule has 5 amide bonds. The number of morpholine rings is 1. The molecule has 0 saturated carbocycles. The van der Waals surface area contributed by atoms with Gasteiger partial charge in [0.1, 0.15) is 19.8 Å². The van der Waals surface area contributed by atoms with E-state index in [-0.39, 0.29) is 54.4 Å². The largest absolute Gasteiger partial charge is 0.493 e. The van der Waals surface area contributed by atoms with Crippen LogP contribution in [0.4, 0.5) is 61.3 Å². The van der Waals surface area contributed by atoms with E-state index in [1.165, 1.54) is 58.9 Å². The number of aryl methyl sites for hydroxylation is 2. The average molecular weight is 2010 g/mol. The fraction of sp³-hybridized carbons (Fsp3) is 0.342. The van der Waals surface area contributed by atoms with Crippen molar-refractivity contribution < 1.29 is 75.7 Å². The molecule has 8 aliphatic heterocycles. The van der Waals surface area contributed by atoms with Crippen LogP contribution in [-0.2, 0) is 18.0 Å². The number of piperazine rings is 4. The van der Waals surface area contributed by atoms with Crippen LogP contribution in [0.5, 0.6) is 51.7 Å². The normalized spacial score (nSPS) is 15.8. The molecule has 148 heavy (non-hydrogen) atoms. The lowest BCUT2D eigenvalue weighted by Crippen LogP contribution is -2.44. The van der Waals surface area contributed by atoms with Crippen molar-refractivity contribution in [2.24, 2.45) is 5.92 Å². The van der Waals surface area contributed by atoms with Crippen LogP contribution in [-0.4, -0.2) is 267 Å². The maximum absolute atomic E-state index is 14.5. The Bertz CT molecular complexity index is 6230. The Morgan fingerprint density at radius 2 is 0.642 bits per heavy atom. The standard InChI is InChI=1S/2C27H31N3O3.C24H31FN4O3.C20H22N2O3.C19H21N3O3/c1-20-4-6-21(7-5-20)19-33-25-13-8-22(18-26(25)32-3)27(31)28-23-9-11-24(12-10-23)30-16-14-29(2)15-17-30;1-20-5-4-6-21(17-20)19-33-25-12-7-22(18-26(25)32-3)27(31)28-23-8-10-24(11-9-23)30-15-13-29(2)14-16-30;1-27-8-10-29(11-9-27)21-5-3-20(4-6-21)26-24(30)19-2-7-23(22(25)18-19)32-17-14-28-12-15-31-16-13-28;1-14-8-10-22(11-9-14)17-5-3-16(4-6-17)21-20(23)15-2-7-18-19(12-15)25-13-24-18;1-21-8-10-22(11-9-21)16-5-3-15(4-6-16)20-19(23)14-2-7-17-18(12-14)25-13-24-17/h4-13,18H,14-17,19H2,1-3H3,(H,28,31);4-12,17-18H,13-16,19H2,1-3H3,(H,28,31);2-7,18H,8-17H2,1H3,(H,26,30);2-7,12,14H,8-11,13H2,1H3,(H,21,23);2-7,12H,8-11,13H2,1H3,(H,20,23). The first-order valence-corrected chi connectivity index (χ1v) is 50.8. The quantitative estimate of drug-likeness (QED) is 0.0320. The van der Waals surface area contributed by atoms with Crippen LogP contribution in [0, 0.1) is 25.6 Å². The van der Waals surface area contributed by atoms with Crippen molar-refractivity contribution in [3.63, 3.8) is 0 Å². The zero-order valence-corrected chi connectivity index (χ0v) is 86.1. The summed E-state index contributed by atoms with van der Waals surface area (Å²) in [6.07, 6.45) is 2.48. The van der Waals surface area contributed by atoms with Gasteiger partial charge in [-0.3, -0.25) is 28.9 Å². The number of halogens is 1. The van der Waals surface area contributed by atoms with E-state index in [9.17, 15) is 28.4 Å². The van der Waals surface area contributed by atoms with Gasteiger partial charge < -0.3 is 118 Å². The number of benzene rings is 12. The number of fused-ring (bicyclic) bond motifs is 2. The van der Waals surface area contributed by atoms with Gasteiger partial charge in [0.25, 0.3) is 29.5 Å². The van der Waals surface area contributed by atoms with Crippen LogP contribution in [0.1, 0.15) is 93.8 Å². The van der Waals surface area contributed by atoms with Gasteiger partial charge in [-0.25, -0.2) is 4.39 Å². The van der Waals surface area contributed by atoms with Crippen LogP contribution >= 0.6 is 0 Å². The molecule has 12 aromatic rings. The molecule has 8 heterocycles. The van der Waals surface area contributed by atoms with Gasteiger partial charge in [-0.05, 0) is 284 Å². The van der Waals surface area contributed by atoms with E-state index in [0.717, 1.165) is 196 Å². The Morgan fingerprint density at radius 1 is 0.318 bits per heavy atom. The number of carbonyl (C=O) groups excluding carboxylic acids is 5. The molecule has 776 valence electrons. The Hall–Kier alpha value is -15.1. The molecule has 0 aromatic heterocycles. The van der Waals surface area contributed by atoms with E-state index in [1.807, 2.05) is 97.1 Å². The number of nitrogens with one attached hydrogen (secondary N) is 5. The number of hydrogen-bond donors (Lipinski definition) is 5. The Labute approximate surface area is 867 Å². The van der Waals surface area contributed by atoms with Crippen LogP contribution in [0.15, 0.2) is 261 Å². The number of rotatable bonds is 27. The van der Waals surface area contributed by atoms with Gasteiger partial charge in [0.05, 0.1) is 27.4 Å². The Kier molecular flexibility index (Phi) is 37.3. The minimum absolute atomic E-state index is 0.155. The Balaban J connectivity index is 0.000000133. The summed E-state index contributed by atoms with van der Waals surface area (Å²) in [7, 11) is 11.7. The second kappa shape index (κ2) is 52.3. The molecule has 0 spiro atoms. The van der Waals surface area contributed by atoms with E-state index in [2.05, 4.69) is 197 Å². The third-order valence-corrected chi connectivity index (χ3v) is 27.3. The van der Waals surface area contributed by atoms with Gasteiger partial charge in [-0.15, -0.1) is 0 Å². The van der Waals surface area contributed by atoms with E-state index >= 15 is 0 Å². The van der Waals surface area contributed by atoms with Crippen molar-refractivity contribution >= 4 is 86.4 Å². The second-order valence-electron chi connectivity index (χ2n) is 38.2. The lowest BCUT2D eigenvalue weighted by atomic mass is 9.99. The van der Waals surface area contributed by atoms with Gasteiger partial charge in [0.15, 0.2) is 57.6 Å². The van der Waals surface area contributed by atoms with Crippen molar-refractivity contribution in [3.05, 3.63) is 317 Å². The molecule has 6 saturated heterocycles. The molecule has 5 N–H and O–H groups in total. The van der Waals surface area contributed by atoms with Crippen molar-refractivity contribution in [2.75, 3.05) is 264 Å². The molecule has 0 radical (unpaired) electrons. The first kappa shape index (κ1) is 106. The van der Waals surface area contributed by atoms with E-state index < -0.39 is 5.82 Å². The summed E-state index contributed by atoms with van der Waals surface area (Å²) in [5.74, 6) is 4.23. The zero-order chi connectivity index (χ0) is 103. The lowest BCUT2D eigenvalue weighted by Gasteiger charge is -2.34. The number of anilines is 10. The topological polar surface area (TPSA) is 270 Å². The van der Waals surface area contributed by atoms with Gasteiger partial charge in [-0.2, -0.15) is 0 Å². The highest BCUT2D eigenvalue weighted by molar-refractivity contribution is 6.08. The number of ether oxygens (including phenoxy) is 10. The van der Waals surface area contributed by atoms with Gasteiger partial charge in [-0.1, -0.05) is 66.6 Å². The van der Waals surface area contributed by atoms with Crippen LogP contribution < -0.4 is 93.7 Å². The molecule has 31 heteroatoms. The highest BCUT2D eigenvalue weighted by Crippen LogP contribution is 2.38. The predicted octanol–water partition coefficient (Wildman–Crippen LogP) is 18.0. The monoisotopic (exact) mass is 2010 g/mol. The molecular formula is C117H136FN15O15. The number of carbonyl (C=O) groups is 5. The number of amides is 5. The van der Waals surface area contributed by atoms with E-state index in [0.29, 0.717) is 93.8 Å². The fourth-order valence-electron chi connectivity index (χ4n) is 17.9. The summed E-state index contributed by atoms with van der Waals surface area (Å²) >= 11 is 0. The third kappa shape index (κ3) is 30.3. The molecule has 0 unspecified atom stereocenters. The maximum Gasteiger partial charge on any atom is 0.255 e. The molecule has 0 aliphatic carbocycles. The van der Waals surface area contributed by atoms with Crippen molar-refractivity contribution in [1.82, 2.24) is 24.5 Å². The predicted molar refractivity (Wildman–Crippen MR) is 583 cm³/mol. The highest BCUT2D eigenvalue weighted by atomic mass is 19.1. The molecule has 20 rings (SSSR count). The summed E-state index contributed by atoms with van der Waals surface area (Å²) in [6, 6.07) is 81.4. The number of likely N-dealkylation sites (N-methyl/N-ethyl adjacent to an activating group) is 4. The summed E-state index contributed by atoms with van der Waals surface area (Å²) in [4.78, 5) is 86.4. The SMILES string of the molecule is CC1CCN(c2ccc(NC(=O)c3ccc4c(c3)OCO4)cc2)CC1.CN1CCN(c2ccc(NC(=O)c3ccc(OCCN4CCOCC4)c(F)c3)cc2)CC1.CN1CCN(c2ccc(NC(=O)c3ccc4c(c3)OCO4)cc2)CC1.COc1cc(C(=O)Nc2ccc(N3CCN(C)CC3)cc2)ccc1OCc1ccc(C)cc1.COc1cc(C(=O)Nc2ccc(N3CCN(C)CC3)cc2)ccc1OCc1cccc(C)c1. The molecule has 30 nitrogen and oxygen atoms in total. The average Bonchev–Trinajstić information content (AvgIpc) is 1.63. The molecule has 6 fully saturated rings. The number of piperidine rings is 1. The first-order chi connectivity index (χ1) is 72.0. The van der Waals surface area contributed by atoms with Crippen LogP contribution in [0.3, 0.4) is 0 Å². The van der Waals surface area contributed by atoms with E-state index in [4.69, 9.17) is 47.4 Å². The highest BCUT2D eigenvalue weighted by Gasteiger charge is 2.26. The van der Waals surface area contributed by atoms with Crippen LogP contribution in [0.2, 0.25) is 0 Å². The minimum Gasteiger partial charge on any atom is -0.493 e. The minimum atomic E-state index is -0.537. The molecule has 0 bridgehead atoms. The zero-order valence-electron chi connectivity index (χ0n) is 86.1. The third-order valence-electron chi connectivity index (χ3n) is 27.3.